The van der Waals surface area contributed by atoms with Crippen molar-refractivity contribution >= 4 is 11.4 Å². The van der Waals surface area contributed by atoms with Crippen LogP contribution in [0.2, 0.25) is 0 Å². The predicted octanol–water partition coefficient (Wildman–Crippen LogP) is 3.72. The second kappa shape index (κ2) is 3.44. The van der Waals surface area contributed by atoms with Crippen molar-refractivity contribution in [2.45, 2.75) is 47.0 Å². The summed E-state index contributed by atoms with van der Waals surface area (Å²) in [4.78, 5) is 0. The van der Waals surface area contributed by atoms with E-state index in [1.165, 1.54) is 28.1 Å². The van der Waals surface area contributed by atoms with E-state index in [2.05, 4.69) is 58.3 Å². The molecule has 0 atom stereocenters. The minimum atomic E-state index is 0.183. The lowest BCUT2D eigenvalue weighted by molar-refractivity contribution is -0.434. The van der Waals surface area contributed by atoms with Gasteiger partial charge in [0.2, 0.25) is 5.69 Å². The lowest BCUT2D eigenvalue weighted by Crippen LogP contribution is -2.26. The molecular weight excluding hydrogens is 194 g/mol. The van der Waals surface area contributed by atoms with Crippen LogP contribution in [0.25, 0.3) is 0 Å². The maximum absolute atomic E-state index is 2.46. The molecule has 0 bridgehead atoms. The zero-order chi connectivity index (χ0) is 12.1. The van der Waals surface area contributed by atoms with E-state index in [0.29, 0.717) is 0 Å². The fourth-order valence-corrected chi connectivity index (χ4v) is 2.89. The van der Waals surface area contributed by atoms with E-state index >= 15 is 0 Å². The first kappa shape index (κ1) is 11.4. The van der Waals surface area contributed by atoms with Gasteiger partial charge in [-0.2, -0.15) is 4.58 Å². The SMILES string of the molecule is CC[N+]1=C(C)C(C)(C)c2cc(C)cc(C)c21. The summed E-state index contributed by atoms with van der Waals surface area (Å²) in [6.45, 7) is 14.6. The summed E-state index contributed by atoms with van der Waals surface area (Å²) in [5.74, 6) is 0. The molecule has 0 amide bonds. The zero-order valence-corrected chi connectivity index (χ0v) is 11.3. The van der Waals surface area contributed by atoms with Gasteiger partial charge in [0.1, 0.15) is 6.54 Å². The number of hydrogen-bond donors (Lipinski definition) is 0. The van der Waals surface area contributed by atoms with Gasteiger partial charge in [-0.15, -0.1) is 0 Å². The molecule has 0 fully saturated rings. The minimum Gasteiger partial charge on any atom is -0.199 e. The van der Waals surface area contributed by atoms with Crippen LogP contribution in [0.5, 0.6) is 0 Å². The molecular formula is C15H22N+. The van der Waals surface area contributed by atoms with Crippen LogP contribution in [0.1, 0.15) is 44.4 Å². The van der Waals surface area contributed by atoms with Crippen molar-refractivity contribution in [1.82, 2.24) is 0 Å². The normalized spacial score (nSPS) is 17.9. The van der Waals surface area contributed by atoms with E-state index in [1.54, 1.807) is 0 Å². The number of benzene rings is 1. The van der Waals surface area contributed by atoms with Gasteiger partial charge in [0, 0.05) is 18.1 Å². The van der Waals surface area contributed by atoms with Gasteiger partial charge < -0.3 is 0 Å². The molecule has 16 heavy (non-hydrogen) atoms. The third kappa shape index (κ3) is 1.34. The first-order valence-electron chi connectivity index (χ1n) is 6.13. The second-order valence-electron chi connectivity index (χ2n) is 5.43. The average Bonchev–Trinajstić information content (AvgIpc) is 2.38. The van der Waals surface area contributed by atoms with E-state index in [9.17, 15) is 0 Å². The molecule has 0 N–H and O–H groups in total. The van der Waals surface area contributed by atoms with Gasteiger partial charge in [0.15, 0.2) is 5.71 Å². The van der Waals surface area contributed by atoms with Crippen molar-refractivity contribution in [1.29, 1.82) is 0 Å². The van der Waals surface area contributed by atoms with Crippen molar-refractivity contribution in [3.05, 3.63) is 28.8 Å². The standard InChI is InChI=1S/C15H22N/c1-7-16-12(4)15(5,6)13-9-10(2)8-11(3)14(13)16/h8-9H,7H2,1-6H3/q+1. The van der Waals surface area contributed by atoms with Gasteiger partial charge in [-0.3, -0.25) is 0 Å². The molecule has 1 nitrogen and oxygen atoms in total. The molecule has 0 radical (unpaired) electrons. The van der Waals surface area contributed by atoms with Crippen LogP contribution in [0.15, 0.2) is 12.1 Å². The monoisotopic (exact) mass is 216 g/mol. The Morgan fingerprint density at radius 3 is 2.31 bits per heavy atom. The summed E-state index contributed by atoms with van der Waals surface area (Å²) >= 11 is 0. The van der Waals surface area contributed by atoms with Crippen molar-refractivity contribution in [2.75, 3.05) is 6.54 Å². The Labute approximate surface area is 98.8 Å². The van der Waals surface area contributed by atoms with Crippen molar-refractivity contribution in [3.63, 3.8) is 0 Å². The first-order valence-corrected chi connectivity index (χ1v) is 6.13. The Bertz CT molecular complexity index is 478. The Kier molecular flexibility index (Phi) is 2.45. The number of aryl methyl sites for hydroxylation is 2. The average molecular weight is 216 g/mol. The fraction of sp³-hybridized carbons (Fsp3) is 0.533. The number of hydrogen-bond acceptors (Lipinski definition) is 0. The topological polar surface area (TPSA) is 3.01 Å². The maximum atomic E-state index is 2.46. The lowest BCUT2D eigenvalue weighted by atomic mass is 9.81. The highest BCUT2D eigenvalue weighted by Gasteiger charge is 2.43. The van der Waals surface area contributed by atoms with E-state index in [4.69, 9.17) is 0 Å². The molecule has 86 valence electrons. The van der Waals surface area contributed by atoms with E-state index in [1.807, 2.05) is 0 Å². The Balaban J connectivity index is 2.79. The summed E-state index contributed by atoms with van der Waals surface area (Å²) in [5, 5.41) is 0. The largest absolute Gasteiger partial charge is 0.212 e. The van der Waals surface area contributed by atoms with Crippen LogP contribution in [0.3, 0.4) is 0 Å². The zero-order valence-electron chi connectivity index (χ0n) is 11.3. The van der Waals surface area contributed by atoms with Gasteiger partial charge in [0.25, 0.3) is 0 Å². The predicted molar refractivity (Wildman–Crippen MR) is 70.1 cm³/mol. The van der Waals surface area contributed by atoms with Gasteiger partial charge in [0.05, 0.1) is 5.41 Å². The molecule has 2 rings (SSSR count). The lowest BCUT2D eigenvalue weighted by Gasteiger charge is -2.15. The Morgan fingerprint density at radius 1 is 1.12 bits per heavy atom. The van der Waals surface area contributed by atoms with Crippen molar-refractivity contribution < 1.29 is 4.58 Å². The molecule has 0 aromatic heterocycles. The Hall–Kier alpha value is -1.11. The third-order valence-electron chi connectivity index (χ3n) is 4.01. The highest BCUT2D eigenvalue weighted by molar-refractivity contribution is 5.93. The molecule has 1 aromatic rings. The highest BCUT2D eigenvalue weighted by Crippen LogP contribution is 2.41. The molecule has 1 aliphatic heterocycles. The van der Waals surface area contributed by atoms with Gasteiger partial charge in [-0.25, -0.2) is 0 Å². The summed E-state index contributed by atoms with van der Waals surface area (Å²) in [5.41, 5.74) is 7.36. The number of nitrogens with zero attached hydrogens (tertiary/aromatic N) is 1. The molecule has 0 spiro atoms. The molecule has 1 aromatic carbocycles. The van der Waals surface area contributed by atoms with Crippen molar-refractivity contribution in [2.24, 2.45) is 0 Å². The molecule has 1 heterocycles. The van der Waals surface area contributed by atoms with Crippen molar-refractivity contribution in [3.8, 4) is 0 Å². The Morgan fingerprint density at radius 2 is 1.75 bits per heavy atom. The fourth-order valence-electron chi connectivity index (χ4n) is 2.89. The molecule has 0 unspecified atom stereocenters. The number of fused-ring (bicyclic) bond motifs is 1. The summed E-state index contributed by atoms with van der Waals surface area (Å²) in [7, 11) is 0. The smallest absolute Gasteiger partial charge is 0.199 e. The van der Waals surface area contributed by atoms with Gasteiger partial charge >= 0.3 is 0 Å². The van der Waals surface area contributed by atoms with Crippen LogP contribution in [0.4, 0.5) is 5.69 Å². The maximum Gasteiger partial charge on any atom is 0.212 e. The van der Waals surface area contributed by atoms with E-state index in [-0.39, 0.29) is 5.41 Å². The van der Waals surface area contributed by atoms with Gasteiger partial charge in [-0.1, -0.05) is 5.56 Å². The van der Waals surface area contributed by atoms with Crippen LogP contribution in [-0.2, 0) is 5.41 Å². The number of rotatable bonds is 1. The van der Waals surface area contributed by atoms with E-state index in [0.717, 1.165) is 6.54 Å². The molecule has 0 saturated heterocycles. The summed E-state index contributed by atoms with van der Waals surface area (Å²) in [6.07, 6.45) is 0. The summed E-state index contributed by atoms with van der Waals surface area (Å²) < 4.78 is 2.46. The van der Waals surface area contributed by atoms with Crippen LogP contribution >= 0.6 is 0 Å². The molecule has 1 heteroatoms. The van der Waals surface area contributed by atoms with Crippen LogP contribution in [0, 0.1) is 13.8 Å². The van der Waals surface area contributed by atoms with Crippen LogP contribution in [-0.4, -0.2) is 16.8 Å². The van der Waals surface area contributed by atoms with Gasteiger partial charge in [-0.05, 0) is 46.8 Å². The quantitative estimate of drug-likeness (QED) is 0.629. The van der Waals surface area contributed by atoms with E-state index < -0.39 is 0 Å². The second-order valence-corrected chi connectivity index (χ2v) is 5.43. The summed E-state index contributed by atoms with van der Waals surface area (Å²) in [6, 6.07) is 4.64. The molecule has 0 aliphatic carbocycles. The molecule has 1 aliphatic rings. The first-order chi connectivity index (χ1) is 7.39. The minimum absolute atomic E-state index is 0.183. The highest BCUT2D eigenvalue weighted by atomic mass is 15.1. The third-order valence-corrected chi connectivity index (χ3v) is 4.01. The molecule has 0 saturated carbocycles. The van der Waals surface area contributed by atoms with Crippen LogP contribution < -0.4 is 0 Å².